The number of nitrogens with zero attached hydrogens (tertiary/aromatic N) is 1. The normalized spacial score (nSPS) is 20.9. The van der Waals surface area contributed by atoms with Crippen molar-refractivity contribution in [3.8, 4) is 0 Å². The van der Waals surface area contributed by atoms with Crippen LogP contribution < -0.4 is 5.32 Å². The van der Waals surface area contributed by atoms with Crippen LogP contribution in [0.5, 0.6) is 0 Å². The molecule has 0 radical (unpaired) electrons. The lowest BCUT2D eigenvalue weighted by Crippen LogP contribution is -2.45. The van der Waals surface area contributed by atoms with E-state index in [1.807, 2.05) is 4.90 Å². The molecule has 2 N–H and O–H groups in total. The number of nitrogens with one attached hydrogen (secondary N) is 1. The van der Waals surface area contributed by atoms with Crippen molar-refractivity contribution >= 4 is 6.03 Å². The van der Waals surface area contributed by atoms with Gasteiger partial charge >= 0.3 is 6.03 Å². The van der Waals surface area contributed by atoms with E-state index < -0.39 is 0 Å². The molecule has 1 aliphatic heterocycles. The number of rotatable bonds is 5. The van der Waals surface area contributed by atoms with Gasteiger partial charge in [0.05, 0.1) is 19.8 Å². The van der Waals surface area contributed by atoms with E-state index in [2.05, 4.69) is 12.2 Å². The van der Waals surface area contributed by atoms with Gasteiger partial charge in [-0.2, -0.15) is 0 Å². The molecule has 1 heterocycles. The number of hydrogen-bond donors (Lipinski definition) is 2. The van der Waals surface area contributed by atoms with Crippen LogP contribution in [0.15, 0.2) is 0 Å². The van der Waals surface area contributed by atoms with Gasteiger partial charge in [-0.25, -0.2) is 4.79 Å². The maximum Gasteiger partial charge on any atom is 0.317 e. The maximum atomic E-state index is 11.7. The molecule has 2 amide bonds. The number of likely N-dealkylation sites (tertiary alicyclic amines) is 1. The maximum absolute atomic E-state index is 11.7. The number of hydrogen-bond acceptors (Lipinski definition) is 3. The summed E-state index contributed by atoms with van der Waals surface area (Å²) in [7, 11) is 0. The zero-order chi connectivity index (χ0) is 11.8. The number of piperidine rings is 1. The van der Waals surface area contributed by atoms with E-state index in [9.17, 15) is 4.79 Å². The highest BCUT2D eigenvalue weighted by molar-refractivity contribution is 5.74. The van der Waals surface area contributed by atoms with E-state index in [1.165, 1.54) is 6.42 Å². The van der Waals surface area contributed by atoms with Crippen molar-refractivity contribution in [2.45, 2.75) is 19.8 Å². The molecule has 1 saturated heterocycles. The Morgan fingerprint density at radius 1 is 1.56 bits per heavy atom. The Bertz CT molecular complexity index is 211. The molecule has 0 aromatic heterocycles. The lowest BCUT2D eigenvalue weighted by atomic mass is 10.0. The van der Waals surface area contributed by atoms with Gasteiger partial charge in [-0.1, -0.05) is 6.92 Å². The van der Waals surface area contributed by atoms with Gasteiger partial charge in [0.15, 0.2) is 0 Å². The molecule has 0 bridgehead atoms. The molecule has 16 heavy (non-hydrogen) atoms. The Balaban J connectivity index is 2.09. The second-order valence-electron chi connectivity index (χ2n) is 4.26. The van der Waals surface area contributed by atoms with Gasteiger partial charge in [-0.05, 0) is 18.8 Å². The number of ether oxygens (including phenoxy) is 1. The number of amides is 2. The number of aliphatic hydroxyl groups is 1. The van der Waals surface area contributed by atoms with Crippen molar-refractivity contribution in [1.29, 1.82) is 0 Å². The molecule has 5 heteroatoms. The summed E-state index contributed by atoms with van der Waals surface area (Å²) in [6, 6.07) is -0.000788. The molecule has 1 fully saturated rings. The molecule has 1 aliphatic rings. The number of urea groups is 1. The van der Waals surface area contributed by atoms with Gasteiger partial charge in [0.2, 0.25) is 0 Å². The topological polar surface area (TPSA) is 61.8 Å². The largest absolute Gasteiger partial charge is 0.394 e. The molecule has 1 rings (SSSR count). The van der Waals surface area contributed by atoms with E-state index in [0.717, 1.165) is 19.5 Å². The Labute approximate surface area is 96.8 Å². The van der Waals surface area contributed by atoms with Gasteiger partial charge in [0, 0.05) is 19.6 Å². The van der Waals surface area contributed by atoms with Crippen LogP contribution in [-0.2, 0) is 4.74 Å². The van der Waals surface area contributed by atoms with Crippen LogP contribution in [0.1, 0.15) is 19.8 Å². The zero-order valence-corrected chi connectivity index (χ0v) is 9.95. The molecule has 0 saturated carbocycles. The zero-order valence-electron chi connectivity index (χ0n) is 9.95. The van der Waals surface area contributed by atoms with Crippen molar-refractivity contribution < 1.29 is 14.6 Å². The van der Waals surface area contributed by atoms with Gasteiger partial charge in [-0.3, -0.25) is 0 Å². The lowest BCUT2D eigenvalue weighted by Gasteiger charge is -2.30. The van der Waals surface area contributed by atoms with Gasteiger partial charge in [0.1, 0.15) is 0 Å². The monoisotopic (exact) mass is 230 g/mol. The second-order valence-corrected chi connectivity index (χ2v) is 4.26. The number of carbonyl (C=O) groups excluding carboxylic acids is 1. The summed E-state index contributed by atoms with van der Waals surface area (Å²) in [5.74, 6) is 0.602. The van der Waals surface area contributed by atoms with E-state index in [1.54, 1.807) is 0 Å². The fourth-order valence-corrected chi connectivity index (χ4v) is 1.88. The smallest absolute Gasteiger partial charge is 0.317 e. The lowest BCUT2D eigenvalue weighted by molar-refractivity contribution is 0.0930. The van der Waals surface area contributed by atoms with Gasteiger partial charge < -0.3 is 20.1 Å². The van der Waals surface area contributed by atoms with Crippen molar-refractivity contribution in [2.24, 2.45) is 5.92 Å². The Morgan fingerprint density at radius 3 is 3.06 bits per heavy atom. The van der Waals surface area contributed by atoms with Gasteiger partial charge in [0.25, 0.3) is 0 Å². The third-order valence-corrected chi connectivity index (χ3v) is 2.70. The van der Waals surface area contributed by atoms with Crippen LogP contribution >= 0.6 is 0 Å². The fraction of sp³-hybridized carbons (Fsp3) is 0.909. The highest BCUT2D eigenvalue weighted by Crippen LogP contribution is 2.14. The Morgan fingerprint density at radius 2 is 2.38 bits per heavy atom. The van der Waals surface area contributed by atoms with Crippen molar-refractivity contribution in [2.75, 3.05) is 39.5 Å². The van der Waals surface area contributed by atoms with Crippen LogP contribution in [0, 0.1) is 5.92 Å². The average molecular weight is 230 g/mol. The third-order valence-electron chi connectivity index (χ3n) is 2.70. The summed E-state index contributed by atoms with van der Waals surface area (Å²) < 4.78 is 5.06. The van der Waals surface area contributed by atoms with E-state index in [-0.39, 0.29) is 12.6 Å². The first kappa shape index (κ1) is 13.3. The molecule has 0 aromatic carbocycles. The summed E-state index contributed by atoms with van der Waals surface area (Å²) in [4.78, 5) is 13.5. The summed E-state index contributed by atoms with van der Waals surface area (Å²) in [5, 5.41) is 11.3. The van der Waals surface area contributed by atoms with Gasteiger partial charge in [-0.15, -0.1) is 0 Å². The molecule has 5 nitrogen and oxygen atoms in total. The van der Waals surface area contributed by atoms with E-state index in [4.69, 9.17) is 9.84 Å². The van der Waals surface area contributed by atoms with E-state index in [0.29, 0.717) is 25.7 Å². The molecule has 0 aliphatic carbocycles. The van der Waals surface area contributed by atoms with Crippen LogP contribution in [-0.4, -0.2) is 55.5 Å². The minimum atomic E-state index is -0.000788. The molecule has 94 valence electrons. The van der Waals surface area contributed by atoms with Crippen molar-refractivity contribution in [3.05, 3.63) is 0 Å². The molecular formula is C11H22N2O3. The average Bonchev–Trinajstić information content (AvgIpc) is 2.28. The predicted octanol–water partition coefficient (Wildman–Crippen LogP) is 0.437. The molecular weight excluding hydrogens is 208 g/mol. The van der Waals surface area contributed by atoms with Crippen LogP contribution in [0.25, 0.3) is 0 Å². The first-order valence-electron chi connectivity index (χ1n) is 5.95. The minimum absolute atomic E-state index is 0.000788. The highest BCUT2D eigenvalue weighted by atomic mass is 16.5. The Hall–Kier alpha value is -0.810. The highest BCUT2D eigenvalue weighted by Gasteiger charge is 2.20. The van der Waals surface area contributed by atoms with Crippen LogP contribution in [0.2, 0.25) is 0 Å². The summed E-state index contributed by atoms with van der Waals surface area (Å²) >= 11 is 0. The summed E-state index contributed by atoms with van der Waals surface area (Å²) in [6.07, 6.45) is 2.30. The molecule has 0 aromatic rings. The third kappa shape index (κ3) is 4.81. The van der Waals surface area contributed by atoms with Crippen LogP contribution in [0.3, 0.4) is 0 Å². The van der Waals surface area contributed by atoms with Crippen molar-refractivity contribution in [3.63, 3.8) is 0 Å². The quantitative estimate of drug-likeness (QED) is 0.674. The summed E-state index contributed by atoms with van der Waals surface area (Å²) in [6.45, 7) is 5.19. The SMILES string of the molecule is CC1CCCN(C(=O)NCCOCCO)C1. The van der Waals surface area contributed by atoms with Crippen LogP contribution in [0.4, 0.5) is 4.79 Å². The first-order chi connectivity index (χ1) is 7.74. The molecule has 1 unspecified atom stereocenters. The number of aliphatic hydroxyl groups excluding tert-OH is 1. The predicted molar refractivity (Wildman–Crippen MR) is 61.3 cm³/mol. The van der Waals surface area contributed by atoms with E-state index >= 15 is 0 Å². The Kier molecular flexibility index (Phi) is 6.18. The molecule has 1 atom stereocenters. The standard InChI is InChI=1S/C11H22N2O3/c1-10-3-2-5-13(9-10)11(15)12-4-7-16-8-6-14/h10,14H,2-9H2,1H3,(H,12,15). The second kappa shape index (κ2) is 7.46. The fourth-order valence-electron chi connectivity index (χ4n) is 1.88. The summed E-state index contributed by atoms with van der Waals surface area (Å²) in [5.41, 5.74) is 0. The minimum Gasteiger partial charge on any atom is -0.394 e. The van der Waals surface area contributed by atoms with Crippen molar-refractivity contribution in [1.82, 2.24) is 10.2 Å². The first-order valence-corrected chi connectivity index (χ1v) is 5.95. The number of carbonyl (C=O) groups is 1. The molecule has 0 spiro atoms.